The Hall–Kier alpha value is 0.100. The second-order valence-corrected chi connectivity index (χ2v) is 8.22. The van der Waals surface area contributed by atoms with Crippen LogP contribution in [0.15, 0.2) is 0 Å². The molecule has 68 valence electrons. The van der Waals surface area contributed by atoms with Crippen LogP contribution < -0.4 is 0 Å². The van der Waals surface area contributed by atoms with Crippen LogP contribution in [-0.2, 0) is 4.79 Å². The van der Waals surface area contributed by atoms with E-state index >= 15 is 0 Å². The molecule has 2 aliphatic heterocycles. The van der Waals surface area contributed by atoms with Gasteiger partial charge in [0.15, 0.2) is 0 Å². The summed E-state index contributed by atoms with van der Waals surface area (Å²) in [7, 11) is 0.0855. The van der Waals surface area contributed by atoms with Gasteiger partial charge in [-0.15, -0.1) is 0 Å². The van der Waals surface area contributed by atoms with E-state index in [2.05, 4.69) is 20.5 Å². The van der Waals surface area contributed by atoms with E-state index in [-0.39, 0.29) is 7.92 Å². The van der Waals surface area contributed by atoms with E-state index in [0.717, 1.165) is 12.8 Å². The lowest BCUT2D eigenvalue weighted by molar-refractivity contribution is -0.120. The fourth-order valence-corrected chi connectivity index (χ4v) is 5.88. The summed E-state index contributed by atoms with van der Waals surface area (Å²) in [5.41, 5.74) is 0. The van der Waals surface area contributed by atoms with Gasteiger partial charge in [-0.25, -0.2) is 0 Å². The van der Waals surface area contributed by atoms with Gasteiger partial charge in [-0.05, 0) is 29.8 Å². The second-order valence-electron chi connectivity index (χ2n) is 4.95. The molecule has 2 rings (SSSR count). The third-order valence-corrected chi connectivity index (χ3v) is 7.98. The summed E-state index contributed by atoms with van der Waals surface area (Å²) < 4.78 is 0. The standard InChI is InChI=1S/C10H17OP/c1-9-4-5-10(2,12(9)3)7-8(11)6-9/h4-7H2,1-3H3. The molecule has 12 heavy (non-hydrogen) atoms. The molecule has 0 amide bonds. The fraction of sp³-hybridized carbons (Fsp3) is 0.900. The van der Waals surface area contributed by atoms with Crippen LogP contribution in [0.25, 0.3) is 0 Å². The van der Waals surface area contributed by atoms with Crippen LogP contribution in [0.3, 0.4) is 0 Å². The molecule has 0 N–H and O–H groups in total. The molecule has 0 aromatic rings. The molecule has 1 nitrogen and oxygen atoms in total. The van der Waals surface area contributed by atoms with Crippen LogP contribution in [0.2, 0.25) is 0 Å². The lowest BCUT2D eigenvalue weighted by Gasteiger charge is -2.41. The molecule has 0 saturated carbocycles. The highest BCUT2D eigenvalue weighted by molar-refractivity contribution is 7.60. The molecule has 2 heteroatoms. The van der Waals surface area contributed by atoms with Crippen LogP contribution in [0, 0.1) is 0 Å². The second kappa shape index (κ2) is 2.32. The van der Waals surface area contributed by atoms with E-state index in [1.54, 1.807) is 0 Å². The average Bonchev–Trinajstić information content (AvgIpc) is 2.16. The molecule has 2 saturated heterocycles. The van der Waals surface area contributed by atoms with Crippen LogP contribution in [0.1, 0.15) is 39.5 Å². The monoisotopic (exact) mass is 184 g/mol. The molecule has 0 aliphatic carbocycles. The van der Waals surface area contributed by atoms with Crippen LogP contribution in [-0.4, -0.2) is 22.8 Å². The molecule has 0 spiro atoms. The van der Waals surface area contributed by atoms with E-state index in [9.17, 15) is 4.79 Å². The summed E-state index contributed by atoms with van der Waals surface area (Å²) in [6.07, 6.45) is 4.31. The van der Waals surface area contributed by atoms with Crippen molar-refractivity contribution < 1.29 is 4.79 Å². The van der Waals surface area contributed by atoms with Crippen molar-refractivity contribution in [2.45, 2.75) is 49.8 Å². The van der Waals surface area contributed by atoms with Crippen molar-refractivity contribution in [3.63, 3.8) is 0 Å². The smallest absolute Gasteiger partial charge is 0.134 e. The third kappa shape index (κ3) is 0.988. The Morgan fingerprint density at radius 2 is 1.58 bits per heavy atom. The maximum Gasteiger partial charge on any atom is 0.134 e. The summed E-state index contributed by atoms with van der Waals surface area (Å²) in [4.78, 5) is 11.5. The molecular weight excluding hydrogens is 167 g/mol. The summed E-state index contributed by atoms with van der Waals surface area (Å²) >= 11 is 0. The first-order valence-electron chi connectivity index (χ1n) is 4.72. The largest absolute Gasteiger partial charge is 0.300 e. The Kier molecular flexibility index (Phi) is 1.68. The Morgan fingerprint density at radius 3 is 2.00 bits per heavy atom. The maximum absolute atomic E-state index is 11.5. The number of hydrogen-bond acceptors (Lipinski definition) is 1. The summed E-state index contributed by atoms with van der Waals surface area (Å²) in [6.45, 7) is 7.04. The number of carbonyl (C=O) groups excluding carboxylic acids is 1. The molecule has 0 radical (unpaired) electrons. The van der Waals surface area contributed by atoms with E-state index in [1.807, 2.05) is 0 Å². The normalized spacial score (nSPS) is 52.9. The number of rotatable bonds is 0. The van der Waals surface area contributed by atoms with E-state index in [0.29, 0.717) is 16.1 Å². The number of carbonyl (C=O) groups is 1. The van der Waals surface area contributed by atoms with Crippen molar-refractivity contribution in [2.24, 2.45) is 0 Å². The first-order chi connectivity index (χ1) is 5.46. The predicted molar refractivity (Wildman–Crippen MR) is 53.1 cm³/mol. The van der Waals surface area contributed by atoms with Crippen LogP contribution in [0.5, 0.6) is 0 Å². The van der Waals surface area contributed by atoms with E-state index < -0.39 is 0 Å². The molecule has 2 heterocycles. The van der Waals surface area contributed by atoms with Gasteiger partial charge < -0.3 is 0 Å². The number of Topliss-reactive ketones (excluding diaryl/α,β-unsaturated/α-hetero) is 1. The zero-order valence-corrected chi connectivity index (χ0v) is 9.08. The Labute approximate surface area is 75.7 Å². The molecule has 2 fully saturated rings. The number of ketones is 1. The van der Waals surface area contributed by atoms with Crippen molar-refractivity contribution >= 4 is 13.7 Å². The topological polar surface area (TPSA) is 17.1 Å². The molecule has 2 aliphatic rings. The van der Waals surface area contributed by atoms with E-state index in [4.69, 9.17) is 0 Å². The van der Waals surface area contributed by atoms with Gasteiger partial charge in [0.05, 0.1) is 0 Å². The minimum atomic E-state index is 0.0855. The van der Waals surface area contributed by atoms with Gasteiger partial charge >= 0.3 is 0 Å². The van der Waals surface area contributed by atoms with Crippen LogP contribution >= 0.6 is 7.92 Å². The fourth-order valence-electron chi connectivity index (χ4n) is 2.85. The Bertz CT molecular complexity index is 216. The van der Waals surface area contributed by atoms with Crippen molar-refractivity contribution in [2.75, 3.05) is 6.66 Å². The minimum Gasteiger partial charge on any atom is -0.300 e. The number of hydrogen-bond donors (Lipinski definition) is 0. The molecular formula is C10H17OP. The highest BCUT2D eigenvalue weighted by Crippen LogP contribution is 2.71. The van der Waals surface area contributed by atoms with Crippen molar-refractivity contribution in [1.82, 2.24) is 0 Å². The van der Waals surface area contributed by atoms with Gasteiger partial charge in [-0.2, -0.15) is 0 Å². The highest BCUT2D eigenvalue weighted by atomic mass is 31.1. The predicted octanol–water partition coefficient (Wildman–Crippen LogP) is 2.77. The summed E-state index contributed by atoms with van der Waals surface area (Å²) in [6, 6.07) is 0. The van der Waals surface area contributed by atoms with Gasteiger partial charge in [-0.3, -0.25) is 4.79 Å². The maximum atomic E-state index is 11.5. The lowest BCUT2D eigenvalue weighted by atomic mass is 10.0. The third-order valence-electron chi connectivity index (χ3n) is 3.98. The highest BCUT2D eigenvalue weighted by Gasteiger charge is 2.54. The van der Waals surface area contributed by atoms with Crippen molar-refractivity contribution in [1.29, 1.82) is 0 Å². The summed E-state index contributed by atoms with van der Waals surface area (Å²) in [5, 5.41) is 0.804. The molecule has 0 aromatic carbocycles. The molecule has 0 aromatic heterocycles. The zero-order chi connectivity index (χ0) is 8.98. The van der Waals surface area contributed by atoms with Gasteiger partial charge in [0, 0.05) is 12.8 Å². The van der Waals surface area contributed by atoms with Gasteiger partial charge in [-0.1, -0.05) is 21.8 Å². The SMILES string of the molecule is CP1C2(C)CCC1(C)CC(=O)C2. The van der Waals surface area contributed by atoms with Gasteiger partial charge in [0.1, 0.15) is 5.78 Å². The molecule has 2 atom stereocenters. The minimum absolute atomic E-state index is 0.0855. The average molecular weight is 184 g/mol. The Balaban J connectivity index is 2.36. The quantitative estimate of drug-likeness (QED) is 0.529. The zero-order valence-electron chi connectivity index (χ0n) is 8.18. The summed E-state index contributed by atoms with van der Waals surface area (Å²) in [5.74, 6) is 0.512. The van der Waals surface area contributed by atoms with Gasteiger partial charge in [0.2, 0.25) is 0 Å². The van der Waals surface area contributed by atoms with Crippen molar-refractivity contribution in [3.05, 3.63) is 0 Å². The van der Waals surface area contributed by atoms with Gasteiger partial charge in [0.25, 0.3) is 0 Å². The first kappa shape index (κ1) is 8.69. The molecule has 2 unspecified atom stereocenters. The Morgan fingerprint density at radius 1 is 1.17 bits per heavy atom. The van der Waals surface area contributed by atoms with Crippen molar-refractivity contribution in [3.8, 4) is 0 Å². The lowest BCUT2D eigenvalue weighted by Crippen LogP contribution is -2.34. The molecule has 2 bridgehead atoms. The van der Waals surface area contributed by atoms with Crippen LogP contribution in [0.4, 0.5) is 0 Å². The first-order valence-corrected chi connectivity index (χ1v) is 6.51. The number of fused-ring (bicyclic) bond motifs is 2. The van der Waals surface area contributed by atoms with E-state index in [1.165, 1.54) is 12.8 Å².